The number of fused-ring (bicyclic) bond motifs is 12. The van der Waals surface area contributed by atoms with Crippen LogP contribution >= 0.6 is 0 Å². The van der Waals surface area contributed by atoms with Crippen molar-refractivity contribution in [1.82, 2.24) is 19.9 Å². The number of nitrogens with zero attached hydrogens (tertiary/aromatic N) is 8. The van der Waals surface area contributed by atoms with E-state index in [1.807, 2.05) is 57.2 Å². The van der Waals surface area contributed by atoms with Crippen LogP contribution in [0.2, 0.25) is 0 Å². The molecule has 0 aliphatic carbocycles. The molecule has 4 aromatic carbocycles. The first-order valence-electron chi connectivity index (χ1n) is 44.1. The standard InChI is InChI=1S/C26H31N2O.3C25H29N2O/c1-15(2)12-19-14-28(7)23(13-22(19)16(3)4)24-17(5)8-10-20-21-11-9-18(6)27-26(21)29-25(20)24;1-14(2)20-12-22(27(7)13-21(20)15(3)4)23-16(5)8-10-18-19-11-9-17(6)26-25(19)28-24(18)23;1-15(2)12-18-14-27(6)22(13-21(18)16(3)4)23-17(5)9-10-19-20-8-7-11-26-25(20)28-24(19)23;1-15(2)12-18-13-22(27(6)14-21(18)16(3)4)23-17(5)9-10-19-20-8-7-11-26-25(20)28-24(19)23/h8-11,13-16H,12H2,1-7H3;8-15H,1-7H3;2*7-11,13-16H,12H2,1-6H3/q4*+1/i;1D3,3D3,14D,15D;;. The Balaban J connectivity index is 0.000000140. The van der Waals surface area contributed by atoms with Gasteiger partial charge in [-0.25, -0.2) is 38.2 Å². The second kappa shape index (κ2) is 32.8. The van der Waals surface area contributed by atoms with Gasteiger partial charge < -0.3 is 17.7 Å². The lowest BCUT2D eigenvalue weighted by Gasteiger charge is -2.16. The van der Waals surface area contributed by atoms with E-state index in [-0.39, 0.29) is 11.1 Å². The zero-order chi connectivity index (χ0) is 87.9. The van der Waals surface area contributed by atoms with Gasteiger partial charge in [0.2, 0.25) is 45.6 Å². The number of aryl methyl sites for hydroxylation is 10. The van der Waals surface area contributed by atoms with Crippen molar-refractivity contribution in [3.63, 3.8) is 0 Å². The van der Waals surface area contributed by atoms with Crippen LogP contribution < -0.4 is 18.3 Å². The molecule has 12 aromatic heterocycles. The molecular weight excluding hydrogens is 1390 g/mol. The Morgan fingerprint density at radius 3 is 0.982 bits per heavy atom. The number of hydrogen-bond acceptors (Lipinski definition) is 8. The van der Waals surface area contributed by atoms with Gasteiger partial charge in [-0.1, -0.05) is 159 Å². The maximum absolute atomic E-state index is 8.83. The second-order valence-corrected chi connectivity index (χ2v) is 33.6. The van der Waals surface area contributed by atoms with Gasteiger partial charge in [-0.2, -0.15) is 0 Å². The van der Waals surface area contributed by atoms with Crippen molar-refractivity contribution in [2.45, 2.75) is 201 Å². The van der Waals surface area contributed by atoms with Crippen LogP contribution in [0.1, 0.15) is 229 Å². The van der Waals surface area contributed by atoms with Crippen LogP contribution in [-0.2, 0) is 47.5 Å². The van der Waals surface area contributed by atoms with Crippen LogP contribution in [0.15, 0.2) is 176 Å². The summed E-state index contributed by atoms with van der Waals surface area (Å²) in [6, 6.07) is 41.7. The fourth-order valence-corrected chi connectivity index (χ4v) is 16.5. The van der Waals surface area contributed by atoms with Crippen molar-refractivity contribution >= 4 is 88.3 Å². The molecule has 12 heteroatoms. The molecule has 0 saturated heterocycles. The average molecular weight is 1520 g/mol. The summed E-state index contributed by atoms with van der Waals surface area (Å²) in [5.74, 6) is -0.982. The van der Waals surface area contributed by atoms with E-state index in [4.69, 9.17) is 28.6 Å². The van der Waals surface area contributed by atoms with Crippen LogP contribution in [0.25, 0.3) is 133 Å². The van der Waals surface area contributed by atoms with E-state index >= 15 is 0 Å². The van der Waals surface area contributed by atoms with Crippen molar-refractivity contribution in [1.29, 1.82) is 0 Å². The highest BCUT2D eigenvalue weighted by atomic mass is 16.4. The van der Waals surface area contributed by atoms with E-state index in [9.17, 15) is 0 Å². The maximum Gasteiger partial charge on any atom is 0.227 e. The van der Waals surface area contributed by atoms with Crippen molar-refractivity contribution in [2.75, 3.05) is 0 Å². The summed E-state index contributed by atoms with van der Waals surface area (Å²) in [6.45, 7) is 36.6. The fraction of sp³-hybridized carbons (Fsp3) is 0.366. The minimum Gasteiger partial charge on any atom is -0.437 e. The Morgan fingerprint density at radius 2 is 0.628 bits per heavy atom. The summed E-state index contributed by atoms with van der Waals surface area (Å²) in [5, 5.41) is 8.28. The van der Waals surface area contributed by atoms with Gasteiger partial charge in [0.1, 0.15) is 28.2 Å². The van der Waals surface area contributed by atoms with E-state index in [2.05, 4.69) is 256 Å². The SMILES string of the molecule is Cc1ccc2c(n1)oc1c(-c3cc(C(C)C)c(CC(C)C)c[n+]3C)c(C)ccc12.Cc1ccc2c(oc3ncccc32)c1-c1cc(C(C)C)c(CC(C)C)c[n+]1C.Cc1ccc2c(oc3ncccc32)c1-c1cc(CC(C)C)c(C(C)C)c[n+]1C.[2H]C([2H])([2H])C([2H])(C)c1cc(-c2c(C)ccc3c2oc2nc(C)ccc23)[n+](C)cc1C([2H])(C)C([2H])([2H])[2H]. The maximum atomic E-state index is 8.83. The van der Waals surface area contributed by atoms with Gasteiger partial charge in [0.05, 0.1) is 22.3 Å². The fourth-order valence-electron chi connectivity index (χ4n) is 16.5. The number of pyridine rings is 8. The molecule has 582 valence electrons. The summed E-state index contributed by atoms with van der Waals surface area (Å²) in [6.07, 6.45) is 15.2. The number of furan rings is 4. The summed E-state index contributed by atoms with van der Waals surface area (Å²) in [4.78, 5) is 18.0. The molecule has 0 saturated carbocycles. The lowest BCUT2D eigenvalue weighted by atomic mass is 9.90. The Kier molecular flexibility index (Phi) is 20.4. The molecule has 2 atom stereocenters. The van der Waals surface area contributed by atoms with Crippen LogP contribution in [0.4, 0.5) is 0 Å². The van der Waals surface area contributed by atoms with E-state index in [1.54, 1.807) is 24.0 Å². The molecule has 0 radical (unpaired) electrons. The molecule has 12 nitrogen and oxygen atoms in total. The summed E-state index contributed by atoms with van der Waals surface area (Å²) in [5.41, 5.74) is 29.0. The number of benzene rings is 4. The Hall–Kier alpha value is -10.7. The van der Waals surface area contributed by atoms with E-state index in [1.165, 1.54) is 104 Å². The summed E-state index contributed by atoms with van der Waals surface area (Å²) < 4.78 is 98.9. The molecule has 0 N–H and O–H groups in total. The summed E-state index contributed by atoms with van der Waals surface area (Å²) >= 11 is 0. The predicted octanol–water partition coefficient (Wildman–Crippen LogP) is 25.0. The normalized spacial score (nSPS) is 14.3. The van der Waals surface area contributed by atoms with Crippen LogP contribution in [0, 0.1) is 59.3 Å². The molecule has 0 fully saturated rings. The predicted molar refractivity (Wildman–Crippen MR) is 467 cm³/mol. The van der Waals surface area contributed by atoms with Crippen molar-refractivity contribution in [2.24, 2.45) is 45.9 Å². The van der Waals surface area contributed by atoms with Gasteiger partial charge >= 0.3 is 0 Å². The van der Waals surface area contributed by atoms with Crippen LogP contribution in [0.3, 0.4) is 0 Å². The van der Waals surface area contributed by atoms with Crippen molar-refractivity contribution in [3.05, 3.63) is 237 Å². The van der Waals surface area contributed by atoms with Crippen molar-refractivity contribution in [3.8, 4) is 45.0 Å². The van der Waals surface area contributed by atoms with Crippen LogP contribution in [0.5, 0.6) is 0 Å². The third kappa shape index (κ3) is 16.1. The first-order chi connectivity index (χ1) is 56.9. The highest BCUT2D eigenvalue weighted by molar-refractivity contribution is 6.12. The lowest BCUT2D eigenvalue weighted by Crippen LogP contribution is -2.32. The Bertz CT molecular complexity index is 6650. The first-order valence-corrected chi connectivity index (χ1v) is 40.1. The van der Waals surface area contributed by atoms with Gasteiger partial charge in [-0.15, -0.1) is 0 Å². The molecule has 0 amide bonds. The Morgan fingerprint density at radius 1 is 0.327 bits per heavy atom. The zero-order valence-electron chi connectivity index (χ0n) is 78.8. The number of hydrogen-bond donors (Lipinski definition) is 0. The number of aromatic nitrogens is 8. The zero-order valence-corrected chi connectivity index (χ0v) is 70.8. The third-order valence-corrected chi connectivity index (χ3v) is 22.0. The first kappa shape index (κ1) is 70.2. The third-order valence-electron chi connectivity index (χ3n) is 22.0. The second-order valence-electron chi connectivity index (χ2n) is 33.6. The molecular formula is C101H118N8O4+4. The lowest BCUT2D eigenvalue weighted by molar-refractivity contribution is -0.661. The molecule has 0 aliphatic heterocycles. The molecule has 0 bridgehead atoms. The van der Waals surface area contributed by atoms with E-state index in [0.717, 1.165) is 107 Å². The highest BCUT2D eigenvalue weighted by Gasteiger charge is 2.30. The average Bonchev–Trinajstić information content (AvgIpc) is 1.72. The topological polar surface area (TPSA) is 120 Å². The molecule has 113 heavy (non-hydrogen) atoms. The van der Waals surface area contributed by atoms with Gasteiger partial charge in [0.25, 0.3) is 0 Å². The molecule has 2 unspecified atom stereocenters. The highest BCUT2D eigenvalue weighted by Crippen LogP contribution is 2.43. The minimum atomic E-state index is -2.77. The Labute approximate surface area is 680 Å². The van der Waals surface area contributed by atoms with Gasteiger partial charge in [0.15, 0.2) is 47.1 Å². The van der Waals surface area contributed by atoms with E-state index < -0.39 is 25.5 Å². The van der Waals surface area contributed by atoms with Gasteiger partial charge in [-0.3, -0.25) is 0 Å². The molecule has 16 rings (SSSR count). The smallest absolute Gasteiger partial charge is 0.227 e. The van der Waals surface area contributed by atoms with Crippen LogP contribution in [-0.4, -0.2) is 19.9 Å². The molecule has 0 spiro atoms. The van der Waals surface area contributed by atoms with E-state index in [0.29, 0.717) is 69.5 Å². The molecule has 16 aromatic rings. The monoisotopic (exact) mass is 1510 g/mol. The summed E-state index contributed by atoms with van der Waals surface area (Å²) in [7, 11) is 8.13. The van der Waals surface area contributed by atoms with Crippen molar-refractivity contribution < 1.29 is 46.9 Å². The minimum absolute atomic E-state index is 0.0332. The van der Waals surface area contributed by atoms with Gasteiger partial charge in [-0.05, 0) is 201 Å². The largest absolute Gasteiger partial charge is 0.437 e. The quantitative estimate of drug-likeness (QED) is 0.0931. The molecule has 12 heterocycles. The van der Waals surface area contributed by atoms with Gasteiger partial charge in [0, 0.05) is 124 Å². The number of rotatable bonds is 15. The molecule has 0 aliphatic rings.